The van der Waals surface area contributed by atoms with Gasteiger partial charge in [-0.1, -0.05) is 30.3 Å². The summed E-state index contributed by atoms with van der Waals surface area (Å²) < 4.78 is 10.4. The van der Waals surface area contributed by atoms with Crippen LogP contribution < -0.4 is 10.1 Å². The average Bonchev–Trinajstić information content (AvgIpc) is 3.49. The highest BCUT2D eigenvalue weighted by Gasteiger charge is 2.43. The van der Waals surface area contributed by atoms with Gasteiger partial charge in [-0.15, -0.1) is 11.8 Å². The van der Waals surface area contributed by atoms with E-state index in [4.69, 9.17) is 9.15 Å². The molecular formula is C24H24N2O4S. The Kier molecular flexibility index (Phi) is 6.32. The quantitative estimate of drug-likeness (QED) is 0.619. The molecule has 3 atom stereocenters. The normalized spacial score (nSPS) is 19.1. The molecule has 0 bridgehead atoms. The smallest absolute Gasteiger partial charge is 0.255 e. The van der Waals surface area contributed by atoms with Crippen molar-refractivity contribution in [2.45, 2.75) is 24.4 Å². The number of thioether (sulfide) groups is 1. The molecule has 1 fully saturated rings. The molecule has 1 aliphatic heterocycles. The first-order chi connectivity index (χ1) is 15.1. The van der Waals surface area contributed by atoms with Crippen molar-refractivity contribution in [3.05, 3.63) is 89.9 Å². The Morgan fingerprint density at radius 2 is 1.87 bits per heavy atom. The summed E-state index contributed by atoms with van der Waals surface area (Å²) in [6.07, 6.45) is 3.20. The number of ether oxygens (including phenoxy) is 1. The molecule has 0 aliphatic carbocycles. The third-order valence-electron chi connectivity index (χ3n) is 5.36. The maximum atomic E-state index is 13.5. The lowest BCUT2D eigenvalue weighted by Gasteiger charge is -2.29. The number of amides is 2. The number of carbonyl (C=O) groups is 2. The molecule has 1 saturated heterocycles. The van der Waals surface area contributed by atoms with Crippen molar-refractivity contribution in [3.8, 4) is 5.75 Å². The van der Waals surface area contributed by atoms with Gasteiger partial charge in [0.05, 0.1) is 25.7 Å². The van der Waals surface area contributed by atoms with Crippen molar-refractivity contribution in [3.63, 3.8) is 0 Å². The summed E-state index contributed by atoms with van der Waals surface area (Å²) in [7, 11) is 1.58. The summed E-state index contributed by atoms with van der Waals surface area (Å²) in [5.74, 6) is 0.804. The third kappa shape index (κ3) is 4.46. The highest BCUT2D eigenvalue weighted by Crippen LogP contribution is 2.42. The number of methoxy groups -OCH3 is 1. The molecule has 160 valence electrons. The van der Waals surface area contributed by atoms with Gasteiger partial charge in [-0.25, -0.2) is 0 Å². The lowest BCUT2D eigenvalue weighted by atomic mass is 10.1. The van der Waals surface area contributed by atoms with Crippen molar-refractivity contribution in [2.24, 2.45) is 0 Å². The van der Waals surface area contributed by atoms with Gasteiger partial charge in [0.1, 0.15) is 17.2 Å². The van der Waals surface area contributed by atoms with Crippen LogP contribution in [0.1, 0.15) is 39.8 Å². The first kappa shape index (κ1) is 21.1. The maximum Gasteiger partial charge on any atom is 0.255 e. The maximum absolute atomic E-state index is 13.5. The van der Waals surface area contributed by atoms with Gasteiger partial charge in [-0.3, -0.25) is 9.59 Å². The van der Waals surface area contributed by atoms with Crippen LogP contribution in [0.25, 0.3) is 0 Å². The summed E-state index contributed by atoms with van der Waals surface area (Å²) in [6.45, 7) is 1.94. The minimum Gasteiger partial charge on any atom is -0.497 e. The van der Waals surface area contributed by atoms with Gasteiger partial charge in [-0.05, 0) is 42.8 Å². The number of carbonyl (C=O) groups excluding carboxylic acids is 2. The molecule has 1 aromatic heterocycles. The van der Waals surface area contributed by atoms with Crippen LogP contribution in [0.4, 0.5) is 0 Å². The zero-order chi connectivity index (χ0) is 21.8. The van der Waals surface area contributed by atoms with Gasteiger partial charge < -0.3 is 19.4 Å². The molecule has 3 unspecified atom stereocenters. The van der Waals surface area contributed by atoms with Crippen molar-refractivity contribution < 1.29 is 18.7 Å². The second-order valence-electron chi connectivity index (χ2n) is 7.34. The van der Waals surface area contributed by atoms with E-state index in [0.29, 0.717) is 17.1 Å². The molecular weight excluding hydrogens is 412 g/mol. The van der Waals surface area contributed by atoms with Crippen molar-refractivity contribution in [1.82, 2.24) is 10.2 Å². The lowest BCUT2D eigenvalue weighted by molar-refractivity contribution is -0.125. The molecule has 4 rings (SSSR count). The standard InChI is InChI=1S/C24H24N2O4S/c1-16(17-6-4-3-5-7-17)25-22(27)21-15-31-24(19-12-13-30-14-19)26(21)23(28)18-8-10-20(29-2)11-9-18/h3-14,16,21,24H,15H2,1-2H3,(H,25,27). The van der Waals surface area contributed by atoms with Crippen LogP contribution >= 0.6 is 11.8 Å². The van der Waals surface area contributed by atoms with Gasteiger partial charge in [0, 0.05) is 16.9 Å². The fourth-order valence-electron chi connectivity index (χ4n) is 3.65. The minimum atomic E-state index is -0.592. The molecule has 7 heteroatoms. The Morgan fingerprint density at radius 3 is 2.52 bits per heavy atom. The van der Waals surface area contributed by atoms with Gasteiger partial charge in [-0.2, -0.15) is 0 Å². The van der Waals surface area contributed by atoms with Gasteiger partial charge in [0.25, 0.3) is 5.91 Å². The van der Waals surface area contributed by atoms with E-state index in [1.165, 1.54) is 0 Å². The average molecular weight is 437 g/mol. The Balaban J connectivity index is 1.59. The Labute approximate surface area is 185 Å². The monoisotopic (exact) mass is 436 g/mol. The highest BCUT2D eigenvalue weighted by atomic mass is 32.2. The minimum absolute atomic E-state index is 0.162. The summed E-state index contributed by atoms with van der Waals surface area (Å²) in [4.78, 5) is 28.4. The fourth-order valence-corrected chi connectivity index (χ4v) is 5.05. The van der Waals surface area contributed by atoms with E-state index in [1.807, 2.05) is 43.3 Å². The van der Waals surface area contributed by atoms with Crippen LogP contribution in [-0.4, -0.2) is 35.6 Å². The van der Waals surface area contributed by atoms with Crippen molar-refractivity contribution >= 4 is 23.6 Å². The molecule has 2 amide bonds. The largest absolute Gasteiger partial charge is 0.497 e. The molecule has 2 heterocycles. The predicted octanol–water partition coefficient (Wildman–Crippen LogP) is 4.42. The van der Waals surface area contributed by atoms with Gasteiger partial charge in [0.2, 0.25) is 5.91 Å². The fraction of sp³-hybridized carbons (Fsp3) is 0.250. The number of hydrogen-bond acceptors (Lipinski definition) is 5. The van der Waals surface area contributed by atoms with E-state index in [1.54, 1.807) is 60.6 Å². The predicted molar refractivity (Wildman–Crippen MR) is 120 cm³/mol. The van der Waals surface area contributed by atoms with Crippen LogP contribution in [0.2, 0.25) is 0 Å². The molecule has 2 aromatic carbocycles. The topological polar surface area (TPSA) is 71.8 Å². The number of rotatable bonds is 6. The van der Waals surface area contributed by atoms with Crippen molar-refractivity contribution in [1.29, 1.82) is 0 Å². The summed E-state index contributed by atoms with van der Waals surface area (Å²) in [6, 6.07) is 17.8. The van der Waals surface area contributed by atoms with E-state index in [2.05, 4.69) is 5.32 Å². The SMILES string of the molecule is COc1ccc(C(=O)N2C(C(=O)NC(C)c3ccccc3)CSC2c2ccoc2)cc1. The van der Waals surface area contributed by atoms with Crippen LogP contribution in [0, 0.1) is 0 Å². The van der Waals surface area contributed by atoms with Gasteiger partial charge >= 0.3 is 0 Å². The lowest BCUT2D eigenvalue weighted by Crippen LogP contribution is -2.48. The zero-order valence-electron chi connectivity index (χ0n) is 17.4. The molecule has 6 nitrogen and oxygen atoms in total. The number of nitrogens with one attached hydrogen (secondary N) is 1. The number of furan rings is 1. The Hall–Kier alpha value is -3.19. The molecule has 0 radical (unpaired) electrons. The summed E-state index contributed by atoms with van der Waals surface area (Å²) in [5, 5.41) is 2.77. The van der Waals surface area contributed by atoms with Gasteiger partial charge in [0.15, 0.2) is 0 Å². The summed E-state index contributed by atoms with van der Waals surface area (Å²) >= 11 is 1.56. The van der Waals surface area contributed by atoms with E-state index >= 15 is 0 Å². The van der Waals surface area contributed by atoms with E-state index in [0.717, 1.165) is 11.1 Å². The van der Waals surface area contributed by atoms with Crippen molar-refractivity contribution in [2.75, 3.05) is 12.9 Å². The van der Waals surface area contributed by atoms with E-state index < -0.39 is 6.04 Å². The number of benzene rings is 2. The van der Waals surface area contributed by atoms with Crippen LogP contribution in [0.3, 0.4) is 0 Å². The molecule has 3 aromatic rings. The summed E-state index contributed by atoms with van der Waals surface area (Å²) in [5.41, 5.74) is 2.38. The first-order valence-corrected chi connectivity index (χ1v) is 11.1. The second kappa shape index (κ2) is 9.31. The van der Waals surface area contributed by atoms with Crippen LogP contribution in [0.15, 0.2) is 77.6 Å². The third-order valence-corrected chi connectivity index (χ3v) is 6.68. The second-order valence-corrected chi connectivity index (χ2v) is 8.45. The molecule has 0 saturated carbocycles. The van der Waals surface area contributed by atoms with E-state index in [9.17, 15) is 9.59 Å². The Bertz CT molecular complexity index is 1020. The number of nitrogens with zero attached hydrogens (tertiary/aromatic N) is 1. The molecule has 31 heavy (non-hydrogen) atoms. The zero-order valence-corrected chi connectivity index (χ0v) is 18.2. The van der Waals surface area contributed by atoms with Crippen LogP contribution in [-0.2, 0) is 4.79 Å². The molecule has 1 N–H and O–H groups in total. The Morgan fingerprint density at radius 1 is 1.13 bits per heavy atom. The highest BCUT2D eigenvalue weighted by molar-refractivity contribution is 7.99. The molecule has 1 aliphatic rings. The van der Waals surface area contributed by atoms with E-state index in [-0.39, 0.29) is 23.2 Å². The first-order valence-electron chi connectivity index (χ1n) is 10.0. The van der Waals surface area contributed by atoms with Crippen LogP contribution in [0.5, 0.6) is 5.75 Å². The number of hydrogen-bond donors (Lipinski definition) is 1. The molecule has 0 spiro atoms.